The molecule has 8 heteroatoms. The Hall–Kier alpha value is -0.603. The van der Waals surface area contributed by atoms with E-state index in [1.165, 1.54) is 0 Å². The molecule has 0 N–H and O–H groups in total. The second kappa shape index (κ2) is 7.78. The molecule has 1 aromatic rings. The molecule has 0 aliphatic carbocycles. The zero-order valence-electron chi connectivity index (χ0n) is 12.7. The third-order valence-electron chi connectivity index (χ3n) is 2.79. The molecule has 1 aromatic carbocycles. The minimum Gasteiger partial charge on any atom is -0.464 e. The summed E-state index contributed by atoms with van der Waals surface area (Å²) in [7, 11) is -1.23. The van der Waals surface area contributed by atoms with Gasteiger partial charge in [-0.15, -0.1) is 0 Å². The van der Waals surface area contributed by atoms with Gasteiger partial charge in [0.25, 0.3) is 0 Å². The van der Waals surface area contributed by atoms with Crippen LogP contribution in [-0.4, -0.2) is 27.6 Å². The van der Waals surface area contributed by atoms with E-state index in [1.807, 2.05) is 0 Å². The van der Waals surface area contributed by atoms with Gasteiger partial charge in [0.15, 0.2) is 18.4 Å². The van der Waals surface area contributed by atoms with Gasteiger partial charge in [0.2, 0.25) is 0 Å². The van der Waals surface area contributed by atoms with Gasteiger partial charge in [-0.2, -0.15) is 13.2 Å². The van der Waals surface area contributed by atoms with Crippen LogP contribution in [0, 0.1) is 5.82 Å². The van der Waals surface area contributed by atoms with Crippen molar-refractivity contribution in [2.75, 3.05) is 13.4 Å². The standard InChI is InChI=1S/C14H19BrF4O2Si/c1-22(2,3)5-4-20-9-21-13-6-10(8-14(17,18)19)11(15)7-12(13)16/h6-7H,4-5,8-9H2,1-3H3. The molecule has 0 saturated heterocycles. The second-order valence-electron chi connectivity index (χ2n) is 6.15. The molecule has 0 radical (unpaired) electrons. The summed E-state index contributed by atoms with van der Waals surface area (Å²) in [6.45, 7) is 6.87. The summed E-state index contributed by atoms with van der Waals surface area (Å²) in [5.74, 6) is -0.970. The summed E-state index contributed by atoms with van der Waals surface area (Å²) >= 11 is 2.93. The Balaban J connectivity index is 2.61. The highest BCUT2D eigenvalue weighted by atomic mass is 79.9. The van der Waals surface area contributed by atoms with Gasteiger partial charge in [0.1, 0.15) is 0 Å². The van der Waals surface area contributed by atoms with E-state index in [0.29, 0.717) is 6.61 Å². The van der Waals surface area contributed by atoms with Crippen molar-refractivity contribution in [1.82, 2.24) is 0 Å². The van der Waals surface area contributed by atoms with E-state index in [-0.39, 0.29) is 22.6 Å². The molecule has 0 heterocycles. The van der Waals surface area contributed by atoms with E-state index in [9.17, 15) is 17.6 Å². The van der Waals surface area contributed by atoms with Crippen molar-refractivity contribution in [3.63, 3.8) is 0 Å². The van der Waals surface area contributed by atoms with Gasteiger partial charge in [-0.25, -0.2) is 4.39 Å². The molecule has 0 fully saturated rings. The largest absolute Gasteiger partial charge is 0.464 e. The van der Waals surface area contributed by atoms with Crippen molar-refractivity contribution in [2.24, 2.45) is 0 Å². The lowest BCUT2D eigenvalue weighted by molar-refractivity contribution is -0.127. The van der Waals surface area contributed by atoms with E-state index in [2.05, 4.69) is 35.6 Å². The van der Waals surface area contributed by atoms with Crippen LogP contribution in [0.4, 0.5) is 17.6 Å². The molecule has 22 heavy (non-hydrogen) atoms. The molecule has 0 aliphatic heterocycles. The molecule has 0 spiro atoms. The van der Waals surface area contributed by atoms with Gasteiger partial charge in [0.05, 0.1) is 6.42 Å². The van der Waals surface area contributed by atoms with E-state index in [0.717, 1.165) is 18.2 Å². The maximum absolute atomic E-state index is 13.7. The maximum atomic E-state index is 13.7. The smallest absolute Gasteiger partial charge is 0.393 e. The lowest BCUT2D eigenvalue weighted by Gasteiger charge is -2.16. The third-order valence-corrected chi connectivity index (χ3v) is 5.23. The van der Waals surface area contributed by atoms with Crippen molar-refractivity contribution in [1.29, 1.82) is 0 Å². The Kier molecular flexibility index (Phi) is 6.88. The fraction of sp³-hybridized carbons (Fsp3) is 0.571. The number of rotatable bonds is 7. The highest BCUT2D eigenvalue weighted by Gasteiger charge is 2.29. The van der Waals surface area contributed by atoms with Crippen molar-refractivity contribution in [3.8, 4) is 5.75 Å². The molecular formula is C14H19BrF4O2Si. The normalized spacial score (nSPS) is 12.5. The topological polar surface area (TPSA) is 18.5 Å². The first-order valence-corrected chi connectivity index (χ1v) is 11.2. The molecule has 0 aliphatic rings. The Morgan fingerprint density at radius 1 is 1.18 bits per heavy atom. The highest BCUT2D eigenvalue weighted by molar-refractivity contribution is 9.10. The first-order chi connectivity index (χ1) is 9.98. The molecule has 126 valence electrons. The van der Waals surface area contributed by atoms with Crippen LogP contribution in [-0.2, 0) is 11.2 Å². The molecule has 0 bridgehead atoms. The molecular weight excluding hydrogens is 384 g/mol. The van der Waals surface area contributed by atoms with E-state index < -0.39 is 26.5 Å². The minimum atomic E-state index is -4.37. The molecule has 0 unspecified atom stereocenters. The van der Waals surface area contributed by atoms with Crippen LogP contribution in [0.5, 0.6) is 5.75 Å². The minimum absolute atomic E-state index is 0.0642. The molecule has 0 saturated carbocycles. The van der Waals surface area contributed by atoms with Gasteiger partial charge in [-0.1, -0.05) is 35.6 Å². The van der Waals surface area contributed by atoms with Crippen LogP contribution in [0.25, 0.3) is 0 Å². The lowest BCUT2D eigenvalue weighted by atomic mass is 10.1. The molecule has 0 amide bonds. The number of ether oxygens (including phenoxy) is 2. The van der Waals surface area contributed by atoms with Gasteiger partial charge < -0.3 is 9.47 Å². The van der Waals surface area contributed by atoms with Crippen LogP contribution in [0.3, 0.4) is 0 Å². The average molecular weight is 403 g/mol. The van der Waals surface area contributed by atoms with Crippen LogP contribution in [0.15, 0.2) is 16.6 Å². The van der Waals surface area contributed by atoms with Crippen LogP contribution in [0.1, 0.15) is 5.56 Å². The highest BCUT2D eigenvalue weighted by Crippen LogP contribution is 2.31. The summed E-state index contributed by atoms with van der Waals surface area (Å²) in [6.07, 6.45) is -5.52. The number of alkyl halides is 3. The SMILES string of the molecule is C[Si](C)(C)CCOCOc1cc(CC(F)(F)F)c(Br)cc1F. The second-order valence-corrected chi connectivity index (χ2v) is 12.6. The lowest BCUT2D eigenvalue weighted by Crippen LogP contribution is -2.22. The molecule has 0 aromatic heterocycles. The van der Waals surface area contributed by atoms with Crippen molar-refractivity contribution in [2.45, 2.75) is 38.3 Å². The quantitative estimate of drug-likeness (QED) is 0.263. The molecule has 0 atom stereocenters. The third kappa shape index (κ3) is 7.60. The first kappa shape index (κ1) is 19.4. The van der Waals surface area contributed by atoms with Crippen molar-refractivity contribution >= 4 is 24.0 Å². The van der Waals surface area contributed by atoms with Gasteiger partial charge in [-0.05, 0) is 23.7 Å². The number of hydrogen-bond donors (Lipinski definition) is 0. The predicted molar refractivity (Wildman–Crippen MR) is 83.5 cm³/mol. The van der Waals surface area contributed by atoms with Gasteiger partial charge >= 0.3 is 6.18 Å². The predicted octanol–water partition coefficient (Wildman–Crippen LogP) is 5.38. The van der Waals surface area contributed by atoms with E-state index >= 15 is 0 Å². The van der Waals surface area contributed by atoms with Gasteiger partial charge in [0, 0.05) is 19.2 Å². The van der Waals surface area contributed by atoms with Crippen molar-refractivity contribution < 1.29 is 27.0 Å². The zero-order valence-corrected chi connectivity index (χ0v) is 15.3. The summed E-state index contributed by atoms with van der Waals surface area (Å²) in [5, 5.41) is 0. The van der Waals surface area contributed by atoms with E-state index in [4.69, 9.17) is 9.47 Å². The molecule has 1 rings (SSSR count). The van der Waals surface area contributed by atoms with Gasteiger partial charge in [-0.3, -0.25) is 0 Å². The summed E-state index contributed by atoms with van der Waals surface area (Å²) in [6, 6.07) is 2.95. The Bertz CT molecular complexity index is 501. The zero-order chi connectivity index (χ0) is 17.0. The number of benzene rings is 1. The first-order valence-electron chi connectivity index (χ1n) is 6.73. The van der Waals surface area contributed by atoms with Crippen molar-refractivity contribution in [3.05, 3.63) is 28.0 Å². The summed E-state index contributed by atoms with van der Waals surface area (Å²) in [5.41, 5.74) is -0.0778. The fourth-order valence-electron chi connectivity index (χ4n) is 1.58. The number of halogens is 5. The van der Waals surface area contributed by atoms with Crippen LogP contribution in [0.2, 0.25) is 25.7 Å². The van der Waals surface area contributed by atoms with E-state index in [1.54, 1.807) is 0 Å². The van der Waals surface area contributed by atoms with Crippen LogP contribution < -0.4 is 4.74 Å². The summed E-state index contributed by atoms with van der Waals surface area (Å²) in [4.78, 5) is 0. The maximum Gasteiger partial charge on any atom is 0.393 e. The monoisotopic (exact) mass is 402 g/mol. The summed E-state index contributed by atoms with van der Waals surface area (Å²) < 4.78 is 61.4. The number of hydrogen-bond acceptors (Lipinski definition) is 2. The fourth-order valence-corrected chi connectivity index (χ4v) is 2.79. The Morgan fingerprint density at radius 2 is 1.82 bits per heavy atom. The molecule has 2 nitrogen and oxygen atoms in total. The Labute approximate surface area is 136 Å². The Morgan fingerprint density at radius 3 is 2.36 bits per heavy atom. The van der Waals surface area contributed by atoms with Crippen LogP contribution >= 0.6 is 15.9 Å². The average Bonchev–Trinajstić information content (AvgIpc) is 2.31.